The lowest BCUT2D eigenvalue weighted by Gasteiger charge is -2.07. The second kappa shape index (κ2) is 6.40. The number of carboxylic acids is 1. The highest BCUT2D eigenvalue weighted by Gasteiger charge is 2.07. The predicted octanol–water partition coefficient (Wildman–Crippen LogP) is 1.52. The molecule has 20 heavy (non-hydrogen) atoms. The molecule has 6 nitrogen and oxygen atoms in total. The number of ether oxygens (including phenoxy) is 1. The molecule has 0 saturated heterocycles. The van der Waals surface area contributed by atoms with Crippen LogP contribution < -0.4 is 4.74 Å². The van der Waals surface area contributed by atoms with Gasteiger partial charge < -0.3 is 14.9 Å². The third kappa shape index (κ3) is 3.49. The van der Waals surface area contributed by atoms with E-state index in [4.69, 9.17) is 26.6 Å². The van der Waals surface area contributed by atoms with Crippen molar-refractivity contribution in [3.05, 3.63) is 41.2 Å². The highest BCUT2D eigenvalue weighted by atomic mass is 35.5. The van der Waals surface area contributed by atoms with Gasteiger partial charge in [-0.15, -0.1) is 0 Å². The first kappa shape index (κ1) is 14.4. The molecule has 0 bridgehead atoms. The first-order valence-electron chi connectivity index (χ1n) is 5.89. The number of aromatic nitrogens is 2. The maximum atomic E-state index is 10.4. The number of benzene rings is 1. The molecule has 1 aromatic heterocycles. The summed E-state index contributed by atoms with van der Waals surface area (Å²) in [5, 5.41) is 21.9. The molecule has 0 atom stereocenters. The largest absolute Gasteiger partial charge is 0.480 e. The fourth-order valence-electron chi connectivity index (χ4n) is 1.65. The van der Waals surface area contributed by atoms with E-state index in [0.717, 1.165) is 11.3 Å². The minimum atomic E-state index is -1.06. The number of carbonyl (C=O) groups is 1. The average Bonchev–Trinajstić information content (AvgIpc) is 2.86. The molecule has 2 N–H and O–H groups in total. The van der Waals surface area contributed by atoms with Crippen LogP contribution in [0.15, 0.2) is 30.6 Å². The maximum absolute atomic E-state index is 10.4. The molecule has 1 aromatic carbocycles. The van der Waals surface area contributed by atoms with Gasteiger partial charge in [0.05, 0.1) is 16.9 Å². The summed E-state index contributed by atoms with van der Waals surface area (Å²) in [5.74, 6) is -0.758. The Morgan fingerprint density at radius 2 is 2.25 bits per heavy atom. The van der Waals surface area contributed by atoms with Crippen LogP contribution in [0.1, 0.15) is 5.56 Å². The zero-order valence-corrected chi connectivity index (χ0v) is 11.2. The third-order valence-electron chi connectivity index (χ3n) is 2.57. The number of hydrogen-bond acceptors (Lipinski definition) is 4. The van der Waals surface area contributed by atoms with Crippen LogP contribution in [0.5, 0.6) is 5.75 Å². The molecular formula is C13H13ClN2O4. The Bertz CT molecular complexity index is 612. The molecular weight excluding hydrogens is 284 g/mol. The Balaban J connectivity index is 2.16. The van der Waals surface area contributed by atoms with Crippen LogP contribution in [0.25, 0.3) is 5.69 Å². The summed E-state index contributed by atoms with van der Waals surface area (Å²) in [4.78, 5) is 10.4. The lowest BCUT2D eigenvalue weighted by Crippen LogP contribution is -2.09. The van der Waals surface area contributed by atoms with Gasteiger partial charge in [-0.1, -0.05) is 11.6 Å². The van der Waals surface area contributed by atoms with Crippen LogP contribution in [0.3, 0.4) is 0 Å². The van der Waals surface area contributed by atoms with E-state index in [1.54, 1.807) is 35.3 Å². The molecule has 0 aliphatic carbocycles. The van der Waals surface area contributed by atoms with Gasteiger partial charge in [0.15, 0.2) is 6.61 Å². The number of halogens is 1. The molecule has 2 aromatic rings. The Hall–Kier alpha value is -2.05. The van der Waals surface area contributed by atoms with Gasteiger partial charge in [0.25, 0.3) is 0 Å². The van der Waals surface area contributed by atoms with E-state index >= 15 is 0 Å². The molecule has 0 aliphatic rings. The number of aliphatic hydroxyl groups is 1. The van der Waals surface area contributed by atoms with E-state index < -0.39 is 12.6 Å². The minimum Gasteiger partial charge on any atom is -0.480 e. The van der Waals surface area contributed by atoms with Crippen molar-refractivity contribution in [3.8, 4) is 11.4 Å². The molecule has 0 aliphatic heterocycles. The Kier molecular flexibility index (Phi) is 4.60. The molecule has 0 spiro atoms. The molecule has 0 fully saturated rings. The third-order valence-corrected chi connectivity index (χ3v) is 2.86. The van der Waals surface area contributed by atoms with Gasteiger partial charge in [-0.3, -0.25) is 0 Å². The van der Waals surface area contributed by atoms with Crippen molar-refractivity contribution >= 4 is 17.6 Å². The Labute approximate surface area is 120 Å². The second-order valence-electron chi connectivity index (χ2n) is 4.06. The molecule has 2 rings (SSSR count). The van der Waals surface area contributed by atoms with Crippen molar-refractivity contribution in [1.82, 2.24) is 9.78 Å². The fourth-order valence-corrected chi connectivity index (χ4v) is 1.88. The minimum absolute atomic E-state index is 0.0639. The van der Waals surface area contributed by atoms with Crippen molar-refractivity contribution in [1.29, 1.82) is 0 Å². The van der Waals surface area contributed by atoms with Crippen molar-refractivity contribution in [3.63, 3.8) is 0 Å². The van der Waals surface area contributed by atoms with Crippen LogP contribution in [0.2, 0.25) is 5.02 Å². The highest BCUT2D eigenvalue weighted by Crippen LogP contribution is 2.26. The van der Waals surface area contributed by atoms with E-state index in [-0.39, 0.29) is 6.61 Å². The standard InChI is InChI=1S/C13H13ClN2O4/c14-11-5-10(1-2-12(11)20-8-13(18)19)16-7-9(3-4-17)6-15-16/h1-2,5-7,17H,3-4,8H2,(H,18,19). The average molecular weight is 297 g/mol. The summed E-state index contributed by atoms with van der Waals surface area (Å²) >= 11 is 6.03. The van der Waals surface area contributed by atoms with Gasteiger partial charge in [0, 0.05) is 12.8 Å². The fraction of sp³-hybridized carbons (Fsp3) is 0.231. The van der Waals surface area contributed by atoms with Crippen LogP contribution in [-0.4, -0.2) is 39.2 Å². The summed E-state index contributed by atoms with van der Waals surface area (Å²) < 4.78 is 6.66. The number of aliphatic hydroxyl groups excluding tert-OH is 1. The zero-order valence-electron chi connectivity index (χ0n) is 10.5. The van der Waals surface area contributed by atoms with E-state index in [1.165, 1.54) is 0 Å². The number of hydrogen-bond donors (Lipinski definition) is 2. The van der Waals surface area contributed by atoms with Crippen LogP contribution in [0, 0.1) is 0 Å². The monoisotopic (exact) mass is 296 g/mol. The Morgan fingerprint density at radius 1 is 1.45 bits per heavy atom. The van der Waals surface area contributed by atoms with E-state index in [0.29, 0.717) is 17.2 Å². The van der Waals surface area contributed by atoms with E-state index in [9.17, 15) is 4.79 Å². The highest BCUT2D eigenvalue weighted by molar-refractivity contribution is 6.32. The normalized spacial score (nSPS) is 10.5. The van der Waals surface area contributed by atoms with Gasteiger partial charge in [-0.2, -0.15) is 5.10 Å². The van der Waals surface area contributed by atoms with Crippen molar-refractivity contribution in [2.75, 3.05) is 13.2 Å². The van der Waals surface area contributed by atoms with Crippen LogP contribution in [-0.2, 0) is 11.2 Å². The lowest BCUT2D eigenvalue weighted by molar-refractivity contribution is -0.139. The number of aliphatic carboxylic acids is 1. The zero-order chi connectivity index (χ0) is 14.5. The molecule has 0 unspecified atom stereocenters. The van der Waals surface area contributed by atoms with Crippen molar-refractivity contribution < 1.29 is 19.7 Å². The van der Waals surface area contributed by atoms with Gasteiger partial charge >= 0.3 is 5.97 Å². The summed E-state index contributed by atoms with van der Waals surface area (Å²) in [7, 11) is 0. The van der Waals surface area contributed by atoms with Crippen molar-refractivity contribution in [2.45, 2.75) is 6.42 Å². The second-order valence-corrected chi connectivity index (χ2v) is 4.47. The SMILES string of the molecule is O=C(O)COc1ccc(-n2cc(CCO)cn2)cc1Cl. The smallest absolute Gasteiger partial charge is 0.341 e. The molecule has 7 heteroatoms. The lowest BCUT2D eigenvalue weighted by atomic mass is 10.2. The first-order chi connectivity index (χ1) is 9.60. The number of rotatable bonds is 6. The van der Waals surface area contributed by atoms with Gasteiger partial charge in [0.2, 0.25) is 0 Å². The molecule has 1 heterocycles. The molecule has 0 saturated carbocycles. The summed E-state index contributed by atoms with van der Waals surface area (Å²) in [5.41, 5.74) is 1.64. The van der Waals surface area contributed by atoms with Gasteiger partial charge in [-0.25, -0.2) is 9.48 Å². The number of carboxylic acid groups (broad SMARTS) is 1. The molecule has 0 radical (unpaired) electrons. The van der Waals surface area contributed by atoms with Gasteiger partial charge in [0.1, 0.15) is 5.75 Å². The maximum Gasteiger partial charge on any atom is 0.341 e. The number of nitrogens with zero attached hydrogens (tertiary/aromatic N) is 2. The van der Waals surface area contributed by atoms with E-state index in [1.807, 2.05) is 0 Å². The predicted molar refractivity (Wildman–Crippen MR) is 72.5 cm³/mol. The topological polar surface area (TPSA) is 84.6 Å². The van der Waals surface area contributed by atoms with Crippen LogP contribution in [0.4, 0.5) is 0 Å². The Morgan fingerprint density at radius 3 is 2.90 bits per heavy atom. The quantitative estimate of drug-likeness (QED) is 0.844. The molecule has 0 amide bonds. The summed E-state index contributed by atoms with van der Waals surface area (Å²) in [6.45, 7) is -0.379. The first-order valence-corrected chi connectivity index (χ1v) is 6.27. The van der Waals surface area contributed by atoms with Crippen molar-refractivity contribution in [2.24, 2.45) is 0 Å². The van der Waals surface area contributed by atoms with Gasteiger partial charge in [-0.05, 0) is 30.2 Å². The van der Waals surface area contributed by atoms with Crippen LogP contribution >= 0.6 is 11.6 Å². The summed E-state index contributed by atoms with van der Waals surface area (Å²) in [6.07, 6.45) is 3.99. The summed E-state index contributed by atoms with van der Waals surface area (Å²) in [6, 6.07) is 4.95. The van der Waals surface area contributed by atoms with E-state index in [2.05, 4.69) is 5.10 Å². The molecule has 106 valence electrons.